The van der Waals surface area contributed by atoms with Crippen molar-refractivity contribution in [3.05, 3.63) is 93.5 Å². The quantitative estimate of drug-likeness (QED) is 0.410. The zero-order valence-corrected chi connectivity index (χ0v) is 20.3. The Morgan fingerprint density at radius 3 is 2.20 bits per heavy atom. The number of nitrogens with zero attached hydrogens (tertiary/aromatic N) is 3. The second-order valence-electron chi connectivity index (χ2n) is 8.45. The van der Waals surface area contributed by atoms with E-state index in [2.05, 4.69) is 4.72 Å². The van der Waals surface area contributed by atoms with Crippen molar-refractivity contribution in [2.24, 2.45) is 0 Å². The fraction of sp³-hybridized carbons (Fsp3) is 0.240. The van der Waals surface area contributed by atoms with Crippen LogP contribution in [0.5, 0.6) is 0 Å². The Kier molecular flexibility index (Phi) is 6.74. The molecule has 0 aromatic heterocycles. The van der Waals surface area contributed by atoms with Gasteiger partial charge in [-0.3, -0.25) is 19.6 Å². The van der Waals surface area contributed by atoms with Crippen LogP contribution in [0.4, 0.5) is 17.1 Å². The predicted octanol–water partition coefficient (Wildman–Crippen LogP) is 3.97. The molecule has 1 N–H and O–H groups in total. The molecular formula is C25H26N4O5S. The van der Waals surface area contributed by atoms with Gasteiger partial charge in [-0.15, -0.1) is 0 Å². The average Bonchev–Trinajstić information content (AvgIpc) is 2.86. The van der Waals surface area contributed by atoms with Gasteiger partial charge >= 0.3 is 0 Å². The van der Waals surface area contributed by atoms with Crippen LogP contribution in [0.2, 0.25) is 0 Å². The summed E-state index contributed by atoms with van der Waals surface area (Å²) in [5.74, 6) is -0.210. The second-order valence-corrected chi connectivity index (χ2v) is 10.1. The Labute approximate surface area is 204 Å². The summed E-state index contributed by atoms with van der Waals surface area (Å²) in [7, 11) is -3.80. The molecule has 0 aliphatic carbocycles. The Bertz CT molecular complexity index is 1360. The van der Waals surface area contributed by atoms with E-state index < -0.39 is 14.9 Å². The highest BCUT2D eigenvalue weighted by molar-refractivity contribution is 7.92. The Morgan fingerprint density at radius 2 is 1.57 bits per heavy atom. The van der Waals surface area contributed by atoms with E-state index in [0.717, 1.165) is 11.1 Å². The van der Waals surface area contributed by atoms with Gasteiger partial charge in [0, 0.05) is 43.5 Å². The van der Waals surface area contributed by atoms with Crippen LogP contribution in [0.1, 0.15) is 21.5 Å². The van der Waals surface area contributed by atoms with E-state index in [1.54, 1.807) is 35.2 Å². The van der Waals surface area contributed by atoms with E-state index in [0.29, 0.717) is 43.1 Å². The molecule has 0 unspecified atom stereocenters. The fourth-order valence-electron chi connectivity index (χ4n) is 4.01. The first-order valence-corrected chi connectivity index (χ1v) is 12.6. The van der Waals surface area contributed by atoms with Gasteiger partial charge in [0.1, 0.15) is 5.69 Å². The van der Waals surface area contributed by atoms with Crippen molar-refractivity contribution in [3.63, 3.8) is 0 Å². The summed E-state index contributed by atoms with van der Waals surface area (Å²) in [6, 6.07) is 17.7. The number of para-hydroxylation sites is 2. The summed E-state index contributed by atoms with van der Waals surface area (Å²) in [4.78, 5) is 27.5. The number of amides is 1. The van der Waals surface area contributed by atoms with Crippen molar-refractivity contribution in [1.29, 1.82) is 0 Å². The van der Waals surface area contributed by atoms with Crippen molar-refractivity contribution in [2.45, 2.75) is 18.7 Å². The molecule has 0 bridgehead atoms. The second kappa shape index (κ2) is 9.75. The highest BCUT2D eigenvalue weighted by atomic mass is 32.2. The molecule has 1 saturated heterocycles. The van der Waals surface area contributed by atoms with E-state index in [1.807, 2.05) is 24.8 Å². The molecule has 9 nitrogen and oxygen atoms in total. The molecule has 3 aromatic rings. The summed E-state index contributed by atoms with van der Waals surface area (Å²) < 4.78 is 28.1. The Balaban J connectivity index is 1.41. The summed E-state index contributed by atoms with van der Waals surface area (Å²) in [6.07, 6.45) is 0. The molecule has 1 amide bonds. The van der Waals surface area contributed by atoms with E-state index >= 15 is 0 Å². The number of sulfonamides is 1. The van der Waals surface area contributed by atoms with Gasteiger partial charge in [0.25, 0.3) is 21.6 Å². The van der Waals surface area contributed by atoms with Gasteiger partial charge in [-0.1, -0.05) is 18.2 Å². The number of aryl methyl sites for hydroxylation is 2. The summed E-state index contributed by atoms with van der Waals surface area (Å²) >= 11 is 0. The molecule has 35 heavy (non-hydrogen) atoms. The molecule has 1 fully saturated rings. The van der Waals surface area contributed by atoms with Gasteiger partial charge in [0.2, 0.25) is 0 Å². The van der Waals surface area contributed by atoms with Crippen molar-refractivity contribution in [2.75, 3.05) is 35.8 Å². The van der Waals surface area contributed by atoms with Crippen molar-refractivity contribution >= 4 is 33.0 Å². The zero-order chi connectivity index (χ0) is 25.2. The van der Waals surface area contributed by atoms with E-state index in [-0.39, 0.29) is 16.5 Å². The van der Waals surface area contributed by atoms with Crippen molar-refractivity contribution in [1.82, 2.24) is 4.90 Å². The SMILES string of the molecule is Cc1ccc(NS(=O)(=O)c2ccc(C(=O)N3CCN(c4ccccc4[N+](=O)[O-])CC3)cc2)cc1C. The maximum absolute atomic E-state index is 13.0. The number of piperazine rings is 1. The lowest BCUT2D eigenvalue weighted by Gasteiger charge is -2.35. The van der Waals surface area contributed by atoms with Crippen LogP contribution in [0.25, 0.3) is 0 Å². The lowest BCUT2D eigenvalue weighted by atomic mass is 10.1. The smallest absolute Gasteiger partial charge is 0.292 e. The number of hydrogen-bond acceptors (Lipinski definition) is 6. The maximum Gasteiger partial charge on any atom is 0.292 e. The van der Waals surface area contributed by atoms with Crippen LogP contribution < -0.4 is 9.62 Å². The number of nitro groups is 1. The van der Waals surface area contributed by atoms with E-state index in [1.165, 1.54) is 30.3 Å². The molecule has 0 atom stereocenters. The van der Waals surface area contributed by atoms with Gasteiger partial charge in [0.15, 0.2) is 0 Å². The van der Waals surface area contributed by atoms with Crippen LogP contribution >= 0.6 is 0 Å². The Hall–Kier alpha value is -3.92. The molecule has 0 saturated carbocycles. The number of hydrogen-bond donors (Lipinski definition) is 1. The molecule has 1 aliphatic rings. The Morgan fingerprint density at radius 1 is 0.914 bits per heavy atom. The van der Waals surface area contributed by atoms with Crippen LogP contribution in [0.3, 0.4) is 0 Å². The number of anilines is 2. The molecular weight excluding hydrogens is 468 g/mol. The maximum atomic E-state index is 13.0. The van der Waals surface area contributed by atoms with Gasteiger partial charge in [-0.2, -0.15) is 0 Å². The highest BCUT2D eigenvalue weighted by Gasteiger charge is 2.26. The fourth-order valence-corrected chi connectivity index (χ4v) is 5.06. The number of nitro benzene ring substituents is 1. The summed E-state index contributed by atoms with van der Waals surface area (Å²) in [5.41, 5.74) is 3.49. The van der Waals surface area contributed by atoms with Crippen LogP contribution in [0, 0.1) is 24.0 Å². The summed E-state index contributed by atoms with van der Waals surface area (Å²) in [5, 5.41) is 11.3. The minimum atomic E-state index is -3.80. The molecule has 0 spiro atoms. The first kappa shape index (κ1) is 24.2. The molecule has 1 aliphatic heterocycles. The van der Waals surface area contributed by atoms with Crippen LogP contribution in [-0.4, -0.2) is 50.3 Å². The summed E-state index contributed by atoms with van der Waals surface area (Å²) in [6.45, 7) is 5.59. The lowest BCUT2D eigenvalue weighted by Crippen LogP contribution is -2.49. The third-order valence-corrected chi connectivity index (χ3v) is 7.55. The molecule has 182 valence electrons. The highest BCUT2D eigenvalue weighted by Crippen LogP contribution is 2.28. The largest absolute Gasteiger partial charge is 0.362 e. The average molecular weight is 495 g/mol. The van der Waals surface area contributed by atoms with Gasteiger partial charge in [-0.25, -0.2) is 8.42 Å². The lowest BCUT2D eigenvalue weighted by molar-refractivity contribution is -0.384. The standard InChI is InChI=1S/C25H26N4O5S/c1-18-7-10-21(17-19(18)2)26-35(33,34)22-11-8-20(9-12-22)25(30)28-15-13-27(14-16-28)23-5-3-4-6-24(23)29(31)32/h3-12,17,26H,13-16H2,1-2H3. The van der Waals surface area contributed by atoms with Crippen molar-refractivity contribution < 1.29 is 18.1 Å². The molecule has 10 heteroatoms. The predicted molar refractivity (Wildman–Crippen MR) is 134 cm³/mol. The van der Waals surface area contributed by atoms with Gasteiger partial charge in [0.05, 0.1) is 9.82 Å². The first-order chi connectivity index (χ1) is 16.7. The van der Waals surface area contributed by atoms with Crippen LogP contribution in [-0.2, 0) is 10.0 Å². The number of carbonyl (C=O) groups is 1. The van der Waals surface area contributed by atoms with E-state index in [4.69, 9.17) is 0 Å². The first-order valence-electron chi connectivity index (χ1n) is 11.1. The van der Waals surface area contributed by atoms with E-state index in [9.17, 15) is 23.3 Å². The molecule has 3 aromatic carbocycles. The van der Waals surface area contributed by atoms with Crippen molar-refractivity contribution in [3.8, 4) is 0 Å². The minimum Gasteiger partial charge on any atom is -0.362 e. The molecule has 4 rings (SSSR count). The monoisotopic (exact) mass is 494 g/mol. The normalized spacial score (nSPS) is 14.0. The van der Waals surface area contributed by atoms with Gasteiger partial charge < -0.3 is 9.80 Å². The number of benzene rings is 3. The van der Waals surface area contributed by atoms with Gasteiger partial charge in [-0.05, 0) is 67.4 Å². The molecule has 1 heterocycles. The molecule has 0 radical (unpaired) electrons. The third kappa shape index (κ3) is 5.27. The number of nitrogens with one attached hydrogen (secondary N) is 1. The minimum absolute atomic E-state index is 0.0403. The van der Waals surface area contributed by atoms with Crippen LogP contribution in [0.15, 0.2) is 71.6 Å². The number of rotatable bonds is 6. The topological polar surface area (TPSA) is 113 Å². The third-order valence-electron chi connectivity index (χ3n) is 6.16. The number of carbonyl (C=O) groups excluding carboxylic acids is 1. The zero-order valence-electron chi connectivity index (χ0n) is 19.5.